The van der Waals surface area contributed by atoms with Crippen molar-refractivity contribution in [2.24, 2.45) is 10.8 Å². The summed E-state index contributed by atoms with van der Waals surface area (Å²) in [4.78, 5) is 30.3. The molecule has 5 rings (SSSR count). The Bertz CT molecular complexity index is 596. The molecular weight excluding hydrogens is 284 g/mol. The molecule has 0 unspecified atom stereocenters. The first-order valence-corrected chi connectivity index (χ1v) is 7.97. The highest BCUT2D eigenvalue weighted by Crippen LogP contribution is 2.67. The van der Waals surface area contributed by atoms with Gasteiger partial charge >= 0.3 is 5.97 Å². The predicted octanol–water partition coefficient (Wildman–Crippen LogP) is 2.03. The molecule has 2 bridgehead atoms. The monoisotopic (exact) mass is 304 g/mol. The number of aliphatic carboxylic acids is 1. The Morgan fingerprint density at radius 3 is 2.45 bits per heavy atom. The molecule has 0 atom stereocenters. The van der Waals surface area contributed by atoms with Gasteiger partial charge in [0.2, 0.25) is 5.91 Å². The van der Waals surface area contributed by atoms with Crippen LogP contribution in [-0.2, 0) is 9.59 Å². The maximum absolute atomic E-state index is 12.8. The van der Waals surface area contributed by atoms with Gasteiger partial charge in [-0.05, 0) is 38.5 Å². The Hall–Kier alpha value is -1.85. The number of carbonyl (C=O) groups is 2. The molecule has 4 fully saturated rings. The van der Waals surface area contributed by atoms with Crippen LogP contribution in [0.4, 0.5) is 0 Å². The number of aromatic nitrogens is 1. The standard InChI is InChI=1S/C16H20N2O4/c19-13(15-3-4-16(9-15,10-15)14(20)21)18-6-1-11(2-7-18)12-17-5-8-22-12/h5,8,11H,1-4,6-7,9-10H2,(H,20,21). The average Bonchev–Trinajstić information content (AvgIpc) is 3.21. The molecule has 1 aliphatic heterocycles. The van der Waals surface area contributed by atoms with Gasteiger partial charge in [0.25, 0.3) is 0 Å². The van der Waals surface area contributed by atoms with Gasteiger partial charge in [-0.1, -0.05) is 0 Å². The number of nitrogens with zero attached hydrogens (tertiary/aromatic N) is 2. The third-order valence-electron chi connectivity index (χ3n) is 5.93. The number of rotatable bonds is 3. The molecule has 6 heteroatoms. The predicted molar refractivity (Wildman–Crippen MR) is 76.0 cm³/mol. The van der Waals surface area contributed by atoms with Crippen LogP contribution < -0.4 is 0 Å². The van der Waals surface area contributed by atoms with Crippen LogP contribution in [0, 0.1) is 10.8 Å². The molecule has 2 heterocycles. The largest absolute Gasteiger partial charge is 0.481 e. The molecule has 0 aromatic carbocycles. The van der Waals surface area contributed by atoms with Crippen LogP contribution in [0.3, 0.4) is 0 Å². The number of hydrogen-bond donors (Lipinski definition) is 1. The number of carboxylic acid groups (broad SMARTS) is 1. The van der Waals surface area contributed by atoms with Crippen molar-refractivity contribution in [2.75, 3.05) is 13.1 Å². The summed E-state index contributed by atoms with van der Waals surface area (Å²) >= 11 is 0. The van der Waals surface area contributed by atoms with Crippen molar-refractivity contribution in [3.8, 4) is 0 Å². The van der Waals surface area contributed by atoms with Gasteiger partial charge in [-0.15, -0.1) is 0 Å². The molecule has 1 aromatic heterocycles. The van der Waals surface area contributed by atoms with Crippen LogP contribution in [0.2, 0.25) is 0 Å². The summed E-state index contributed by atoms with van der Waals surface area (Å²) < 4.78 is 5.36. The highest BCUT2D eigenvalue weighted by atomic mass is 16.4. The van der Waals surface area contributed by atoms with Crippen molar-refractivity contribution in [1.29, 1.82) is 0 Å². The molecule has 1 N–H and O–H groups in total. The maximum Gasteiger partial charge on any atom is 0.309 e. The van der Waals surface area contributed by atoms with E-state index in [4.69, 9.17) is 4.42 Å². The highest BCUT2D eigenvalue weighted by Gasteiger charge is 2.68. The highest BCUT2D eigenvalue weighted by molar-refractivity contribution is 5.90. The first kappa shape index (κ1) is 13.8. The molecule has 1 amide bonds. The number of likely N-dealkylation sites (tertiary alicyclic amines) is 1. The Morgan fingerprint density at radius 2 is 1.91 bits per heavy atom. The fourth-order valence-corrected chi connectivity index (χ4v) is 4.69. The first-order valence-electron chi connectivity index (χ1n) is 7.97. The Kier molecular flexibility index (Phi) is 2.86. The molecule has 3 aliphatic carbocycles. The molecule has 118 valence electrons. The van der Waals surface area contributed by atoms with E-state index in [-0.39, 0.29) is 11.3 Å². The van der Waals surface area contributed by atoms with Gasteiger partial charge in [-0.25, -0.2) is 4.98 Å². The second kappa shape index (κ2) is 4.57. The van der Waals surface area contributed by atoms with Crippen molar-refractivity contribution in [1.82, 2.24) is 9.88 Å². The maximum atomic E-state index is 12.8. The van der Waals surface area contributed by atoms with Crippen LogP contribution in [-0.4, -0.2) is 40.0 Å². The SMILES string of the molecule is O=C(O)C12CCC(C(=O)N3CCC(c4ncco4)CC3)(C1)C2. The molecular formula is C16H20N2O4. The van der Waals surface area contributed by atoms with Crippen LogP contribution in [0.15, 0.2) is 16.9 Å². The van der Waals surface area contributed by atoms with E-state index in [1.54, 1.807) is 12.5 Å². The summed E-state index contributed by atoms with van der Waals surface area (Å²) in [6.07, 6.45) is 7.44. The number of fused-ring (bicyclic) bond motifs is 1. The van der Waals surface area contributed by atoms with Gasteiger partial charge in [0.1, 0.15) is 6.26 Å². The minimum atomic E-state index is -0.726. The van der Waals surface area contributed by atoms with Gasteiger partial charge < -0.3 is 14.4 Å². The molecule has 1 saturated heterocycles. The summed E-state index contributed by atoms with van der Waals surface area (Å²) in [7, 11) is 0. The van der Waals surface area contributed by atoms with E-state index in [0.29, 0.717) is 38.3 Å². The second-order valence-corrected chi connectivity index (χ2v) is 7.16. The Morgan fingerprint density at radius 1 is 1.23 bits per heavy atom. The van der Waals surface area contributed by atoms with Gasteiger partial charge in [0.15, 0.2) is 5.89 Å². The van der Waals surface area contributed by atoms with E-state index in [1.807, 2.05) is 4.90 Å². The molecule has 0 spiro atoms. The average molecular weight is 304 g/mol. The van der Waals surface area contributed by atoms with Gasteiger partial charge in [0, 0.05) is 19.0 Å². The summed E-state index contributed by atoms with van der Waals surface area (Å²) in [6.45, 7) is 1.43. The summed E-state index contributed by atoms with van der Waals surface area (Å²) in [5.41, 5.74) is -0.986. The van der Waals surface area contributed by atoms with Crippen molar-refractivity contribution in [2.45, 2.75) is 44.4 Å². The van der Waals surface area contributed by atoms with E-state index in [0.717, 1.165) is 25.2 Å². The second-order valence-electron chi connectivity index (χ2n) is 7.16. The number of piperidine rings is 1. The lowest BCUT2D eigenvalue weighted by atomic mass is 9.59. The zero-order valence-corrected chi connectivity index (χ0v) is 12.5. The first-order chi connectivity index (χ1) is 10.5. The molecule has 4 aliphatic rings. The van der Waals surface area contributed by atoms with Gasteiger partial charge in [-0.2, -0.15) is 0 Å². The van der Waals surface area contributed by atoms with E-state index < -0.39 is 11.4 Å². The normalized spacial score (nSPS) is 34.5. The Balaban J connectivity index is 1.39. The zero-order valence-electron chi connectivity index (χ0n) is 12.5. The third-order valence-corrected chi connectivity index (χ3v) is 5.93. The quantitative estimate of drug-likeness (QED) is 0.923. The fraction of sp³-hybridized carbons (Fsp3) is 0.688. The summed E-state index contributed by atoms with van der Waals surface area (Å²) in [5.74, 6) is 0.503. The fourth-order valence-electron chi connectivity index (χ4n) is 4.69. The molecule has 0 radical (unpaired) electrons. The lowest BCUT2D eigenvalue weighted by Crippen LogP contribution is -2.53. The molecule has 6 nitrogen and oxygen atoms in total. The number of amides is 1. The number of oxazole rings is 1. The van der Waals surface area contributed by atoms with Crippen molar-refractivity contribution >= 4 is 11.9 Å². The lowest BCUT2D eigenvalue weighted by Gasteiger charge is -2.46. The van der Waals surface area contributed by atoms with E-state index in [1.165, 1.54) is 0 Å². The summed E-state index contributed by atoms with van der Waals surface area (Å²) in [5, 5.41) is 9.32. The summed E-state index contributed by atoms with van der Waals surface area (Å²) in [6, 6.07) is 0. The van der Waals surface area contributed by atoms with Crippen LogP contribution in [0.25, 0.3) is 0 Å². The number of carbonyl (C=O) groups excluding carboxylic acids is 1. The van der Waals surface area contributed by atoms with Crippen LogP contribution in [0.1, 0.15) is 50.3 Å². The van der Waals surface area contributed by atoms with Crippen molar-refractivity contribution < 1.29 is 19.1 Å². The van der Waals surface area contributed by atoms with Crippen molar-refractivity contribution in [3.63, 3.8) is 0 Å². The van der Waals surface area contributed by atoms with Gasteiger partial charge in [0.05, 0.1) is 17.0 Å². The Labute approximate surface area is 128 Å². The molecule has 22 heavy (non-hydrogen) atoms. The third kappa shape index (κ3) is 1.82. The zero-order chi connectivity index (χ0) is 15.4. The molecule has 1 aromatic rings. The lowest BCUT2D eigenvalue weighted by molar-refractivity contribution is -0.164. The van der Waals surface area contributed by atoms with Crippen molar-refractivity contribution in [3.05, 3.63) is 18.4 Å². The van der Waals surface area contributed by atoms with Crippen LogP contribution >= 0.6 is 0 Å². The molecule has 3 saturated carbocycles. The minimum absolute atomic E-state index is 0.174. The van der Waals surface area contributed by atoms with E-state index >= 15 is 0 Å². The topological polar surface area (TPSA) is 83.6 Å². The van der Waals surface area contributed by atoms with Crippen LogP contribution in [0.5, 0.6) is 0 Å². The van der Waals surface area contributed by atoms with E-state index in [9.17, 15) is 14.7 Å². The minimum Gasteiger partial charge on any atom is -0.481 e. The number of carboxylic acids is 1. The van der Waals surface area contributed by atoms with E-state index in [2.05, 4.69) is 4.98 Å². The smallest absolute Gasteiger partial charge is 0.309 e. The van der Waals surface area contributed by atoms with Gasteiger partial charge in [-0.3, -0.25) is 9.59 Å². The number of hydrogen-bond acceptors (Lipinski definition) is 4.